The molecule has 0 aliphatic rings. The molecular formula is C9H9N3O2. The van der Waals surface area contributed by atoms with E-state index in [1.54, 1.807) is 24.3 Å². The van der Waals surface area contributed by atoms with Crippen LogP contribution in [0.25, 0.3) is 6.08 Å². The molecule has 72 valence electrons. The Labute approximate surface area is 80.5 Å². The van der Waals surface area contributed by atoms with Gasteiger partial charge in [0.05, 0.1) is 4.92 Å². The molecule has 0 aliphatic carbocycles. The number of nitrogens with one attached hydrogen (secondary N) is 1. The normalized spacial score (nSPS) is 10.3. The number of nitro groups is 1. The summed E-state index contributed by atoms with van der Waals surface area (Å²) in [5.74, 6) is -0.103. The topological polar surface area (TPSA) is 93.0 Å². The highest BCUT2D eigenvalue weighted by atomic mass is 16.6. The van der Waals surface area contributed by atoms with Crippen LogP contribution in [0.5, 0.6) is 0 Å². The molecule has 1 rings (SSSR count). The van der Waals surface area contributed by atoms with Crippen LogP contribution in [0.2, 0.25) is 0 Å². The van der Waals surface area contributed by atoms with Crippen molar-refractivity contribution < 1.29 is 4.92 Å². The van der Waals surface area contributed by atoms with Crippen molar-refractivity contribution in [2.45, 2.75) is 0 Å². The fraction of sp³-hybridized carbons (Fsp3) is 0. The molecule has 0 atom stereocenters. The zero-order valence-electron chi connectivity index (χ0n) is 7.31. The average Bonchev–Trinajstić information content (AvgIpc) is 2.15. The van der Waals surface area contributed by atoms with Gasteiger partial charge in [-0.1, -0.05) is 24.3 Å². The number of amidine groups is 1. The first kappa shape index (κ1) is 9.91. The summed E-state index contributed by atoms with van der Waals surface area (Å²) in [6.45, 7) is 0. The summed E-state index contributed by atoms with van der Waals surface area (Å²) in [5.41, 5.74) is 6.36. The zero-order chi connectivity index (χ0) is 10.6. The van der Waals surface area contributed by atoms with E-state index < -0.39 is 4.92 Å². The Morgan fingerprint density at radius 3 is 2.71 bits per heavy atom. The van der Waals surface area contributed by atoms with Gasteiger partial charge in [0.25, 0.3) is 0 Å². The summed E-state index contributed by atoms with van der Waals surface area (Å²) in [7, 11) is 0. The molecule has 0 bridgehead atoms. The van der Waals surface area contributed by atoms with E-state index >= 15 is 0 Å². The van der Waals surface area contributed by atoms with Crippen molar-refractivity contribution in [3.63, 3.8) is 0 Å². The molecule has 0 aromatic heterocycles. The van der Waals surface area contributed by atoms with Gasteiger partial charge >= 0.3 is 0 Å². The Kier molecular flexibility index (Phi) is 2.96. The molecule has 14 heavy (non-hydrogen) atoms. The van der Waals surface area contributed by atoms with Crippen molar-refractivity contribution in [3.05, 3.63) is 51.7 Å². The monoisotopic (exact) mass is 191 g/mol. The summed E-state index contributed by atoms with van der Waals surface area (Å²) >= 11 is 0. The minimum atomic E-state index is -0.559. The number of nitrogens with zero attached hydrogens (tertiary/aromatic N) is 1. The molecular weight excluding hydrogens is 182 g/mol. The van der Waals surface area contributed by atoms with E-state index in [0.717, 1.165) is 6.20 Å². The van der Waals surface area contributed by atoms with Gasteiger partial charge in [0, 0.05) is 11.6 Å². The first-order valence-electron chi connectivity index (χ1n) is 3.86. The quantitative estimate of drug-likeness (QED) is 0.325. The number of hydrogen-bond donors (Lipinski definition) is 2. The molecule has 0 heterocycles. The minimum Gasteiger partial charge on any atom is -0.384 e. The van der Waals surface area contributed by atoms with Crippen molar-refractivity contribution in [1.29, 1.82) is 5.41 Å². The van der Waals surface area contributed by atoms with Gasteiger partial charge in [-0.05, 0) is 5.56 Å². The maximum Gasteiger partial charge on any atom is 0.235 e. The van der Waals surface area contributed by atoms with Gasteiger partial charge in [-0.2, -0.15) is 0 Å². The van der Waals surface area contributed by atoms with E-state index in [-0.39, 0.29) is 5.84 Å². The van der Waals surface area contributed by atoms with Gasteiger partial charge in [0.2, 0.25) is 6.20 Å². The zero-order valence-corrected chi connectivity index (χ0v) is 7.31. The summed E-state index contributed by atoms with van der Waals surface area (Å²) in [4.78, 5) is 9.53. The third-order valence-corrected chi connectivity index (χ3v) is 1.63. The van der Waals surface area contributed by atoms with Crippen LogP contribution < -0.4 is 5.73 Å². The molecule has 1 aromatic carbocycles. The van der Waals surface area contributed by atoms with Gasteiger partial charge in [0.15, 0.2) is 0 Å². The van der Waals surface area contributed by atoms with E-state index in [4.69, 9.17) is 11.1 Å². The van der Waals surface area contributed by atoms with E-state index in [2.05, 4.69) is 0 Å². The highest BCUT2D eigenvalue weighted by Gasteiger charge is 2.01. The second kappa shape index (κ2) is 4.18. The number of nitrogen functional groups attached to an aromatic ring is 1. The Balaban J connectivity index is 3.07. The fourth-order valence-corrected chi connectivity index (χ4v) is 1.03. The van der Waals surface area contributed by atoms with Gasteiger partial charge in [-0.3, -0.25) is 15.5 Å². The summed E-state index contributed by atoms with van der Waals surface area (Å²) in [5, 5.41) is 17.3. The van der Waals surface area contributed by atoms with Crippen LogP contribution in [0, 0.1) is 15.5 Å². The molecule has 5 nitrogen and oxygen atoms in total. The second-order valence-electron chi connectivity index (χ2n) is 2.60. The number of rotatable bonds is 3. The predicted octanol–water partition coefficient (Wildman–Crippen LogP) is 1.22. The summed E-state index contributed by atoms with van der Waals surface area (Å²) < 4.78 is 0. The van der Waals surface area contributed by atoms with E-state index in [1.165, 1.54) is 6.08 Å². The average molecular weight is 191 g/mol. The second-order valence-corrected chi connectivity index (χ2v) is 2.60. The fourth-order valence-electron chi connectivity index (χ4n) is 1.03. The highest BCUT2D eigenvalue weighted by Crippen LogP contribution is 2.09. The predicted molar refractivity (Wildman–Crippen MR) is 53.5 cm³/mol. The molecule has 0 spiro atoms. The molecule has 0 aliphatic heterocycles. The van der Waals surface area contributed by atoms with Crippen LogP contribution >= 0.6 is 0 Å². The SMILES string of the molecule is N=C(N)c1ccccc1C=C[N+](=O)[O-]. The van der Waals surface area contributed by atoms with Crippen LogP contribution in [0.3, 0.4) is 0 Å². The van der Waals surface area contributed by atoms with Crippen molar-refractivity contribution in [3.8, 4) is 0 Å². The molecule has 0 unspecified atom stereocenters. The lowest BCUT2D eigenvalue weighted by molar-refractivity contribution is -0.400. The van der Waals surface area contributed by atoms with E-state index in [0.29, 0.717) is 11.1 Å². The summed E-state index contributed by atoms with van der Waals surface area (Å²) in [6.07, 6.45) is 2.14. The van der Waals surface area contributed by atoms with Crippen molar-refractivity contribution in [2.75, 3.05) is 0 Å². The van der Waals surface area contributed by atoms with Gasteiger partial charge < -0.3 is 5.73 Å². The number of nitrogens with two attached hydrogens (primary N) is 1. The van der Waals surface area contributed by atoms with Gasteiger partial charge in [-0.25, -0.2) is 0 Å². The molecule has 0 radical (unpaired) electrons. The minimum absolute atomic E-state index is 0.103. The maximum atomic E-state index is 10.1. The summed E-state index contributed by atoms with van der Waals surface area (Å²) in [6, 6.07) is 6.75. The Morgan fingerprint density at radius 2 is 2.14 bits per heavy atom. The van der Waals surface area contributed by atoms with Crippen molar-refractivity contribution in [2.24, 2.45) is 5.73 Å². The van der Waals surface area contributed by atoms with Crippen LogP contribution in [-0.4, -0.2) is 10.8 Å². The lowest BCUT2D eigenvalue weighted by Gasteiger charge is -2.01. The number of hydrogen-bond acceptors (Lipinski definition) is 3. The van der Waals surface area contributed by atoms with Gasteiger partial charge in [0.1, 0.15) is 5.84 Å². The lowest BCUT2D eigenvalue weighted by Crippen LogP contribution is -2.12. The molecule has 0 saturated heterocycles. The standard InChI is InChI=1S/C9H9N3O2/c10-9(11)8-4-2-1-3-7(8)5-6-12(13)14/h1-6H,(H3,10,11). The van der Waals surface area contributed by atoms with Crippen molar-refractivity contribution in [1.82, 2.24) is 0 Å². The first-order valence-corrected chi connectivity index (χ1v) is 3.86. The Morgan fingerprint density at radius 1 is 1.50 bits per heavy atom. The maximum absolute atomic E-state index is 10.1. The van der Waals surface area contributed by atoms with Gasteiger partial charge in [-0.15, -0.1) is 0 Å². The first-order chi connectivity index (χ1) is 6.61. The molecule has 0 saturated carbocycles. The highest BCUT2D eigenvalue weighted by molar-refractivity contribution is 5.98. The molecule has 1 aromatic rings. The van der Waals surface area contributed by atoms with E-state index in [1.807, 2.05) is 0 Å². The van der Waals surface area contributed by atoms with Crippen molar-refractivity contribution >= 4 is 11.9 Å². The third-order valence-electron chi connectivity index (χ3n) is 1.63. The number of benzene rings is 1. The van der Waals surface area contributed by atoms with Crippen LogP contribution in [0.1, 0.15) is 11.1 Å². The van der Waals surface area contributed by atoms with Crippen LogP contribution in [0.4, 0.5) is 0 Å². The van der Waals surface area contributed by atoms with Crippen LogP contribution in [0.15, 0.2) is 30.5 Å². The van der Waals surface area contributed by atoms with E-state index in [9.17, 15) is 10.1 Å². The molecule has 0 fully saturated rings. The molecule has 5 heteroatoms. The van der Waals surface area contributed by atoms with Crippen LogP contribution in [-0.2, 0) is 0 Å². The molecule has 0 amide bonds. The third kappa shape index (κ3) is 2.41. The smallest absolute Gasteiger partial charge is 0.235 e. The Hall–Kier alpha value is -2.17. The lowest BCUT2D eigenvalue weighted by atomic mass is 10.1. The largest absolute Gasteiger partial charge is 0.384 e. The Bertz CT molecular complexity index is 399. The molecule has 3 N–H and O–H groups in total.